The summed E-state index contributed by atoms with van der Waals surface area (Å²) < 4.78 is 16.1. The summed E-state index contributed by atoms with van der Waals surface area (Å²) in [6, 6.07) is 10.0. The van der Waals surface area contributed by atoms with Crippen LogP contribution in [0.3, 0.4) is 0 Å². The summed E-state index contributed by atoms with van der Waals surface area (Å²) in [7, 11) is 1.21. The molecule has 1 aliphatic rings. The molecule has 0 unspecified atom stereocenters. The van der Waals surface area contributed by atoms with Crippen molar-refractivity contribution in [2.45, 2.75) is 6.42 Å². The lowest BCUT2D eigenvalue weighted by atomic mass is 10.1. The van der Waals surface area contributed by atoms with Crippen LogP contribution >= 0.6 is 31.9 Å². The molecule has 0 amide bonds. The third kappa shape index (κ3) is 6.31. The maximum atomic E-state index is 11.0. The first-order chi connectivity index (χ1) is 13.3. The van der Waals surface area contributed by atoms with Crippen LogP contribution in [0.5, 0.6) is 11.5 Å². The third-order valence-corrected chi connectivity index (χ3v) is 4.48. The second kappa shape index (κ2) is 10.2. The van der Waals surface area contributed by atoms with Gasteiger partial charge < -0.3 is 14.2 Å². The Morgan fingerprint density at radius 3 is 2.57 bits per heavy atom. The number of fused-ring (bicyclic) bond motifs is 1. The average molecular weight is 517 g/mol. The van der Waals surface area contributed by atoms with Crippen molar-refractivity contribution in [3.05, 3.63) is 61.0 Å². The van der Waals surface area contributed by atoms with Gasteiger partial charge in [-0.25, -0.2) is 4.79 Å². The summed E-state index contributed by atoms with van der Waals surface area (Å²) >= 11 is 6.45. The van der Waals surface area contributed by atoms with E-state index in [-0.39, 0.29) is 30.4 Å². The molecule has 1 heterocycles. The van der Waals surface area contributed by atoms with Gasteiger partial charge in [-0.3, -0.25) is 14.9 Å². The number of nitrogens with zero attached hydrogens (tertiary/aromatic N) is 1. The van der Waals surface area contributed by atoms with Gasteiger partial charge in [0.05, 0.1) is 12.0 Å². The molecule has 0 N–H and O–H groups in total. The molecule has 0 spiro atoms. The highest BCUT2D eigenvalue weighted by molar-refractivity contribution is 9.10. The third-order valence-electron chi connectivity index (χ3n) is 3.49. The lowest BCUT2D eigenvalue weighted by Gasteiger charge is -2.15. The Labute approximate surface area is 177 Å². The Hall–Kier alpha value is -2.46. The Bertz CT molecular complexity index is 901. The number of nitro benzene ring substituents is 1. The molecule has 3 rings (SSSR count). The van der Waals surface area contributed by atoms with Crippen LogP contribution in [0.1, 0.15) is 5.56 Å². The number of hydrogen-bond acceptors (Lipinski definition) is 7. The molecular formula is C18H15Br2NO7. The second-order valence-electron chi connectivity index (χ2n) is 5.49. The molecule has 28 heavy (non-hydrogen) atoms. The number of ether oxygens (including phenoxy) is 3. The fourth-order valence-corrected chi connectivity index (χ4v) is 2.96. The Morgan fingerprint density at radius 1 is 1.21 bits per heavy atom. The zero-order valence-corrected chi connectivity index (χ0v) is 17.8. The fraction of sp³-hybridized carbons (Fsp3) is 0.222. The zero-order valence-electron chi connectivity index (χ0n) is 14.6. The number of halogens is 2. The fourth-order valence-electron chi connectivity index (χ4n) is 2.20. The predicted octanol–water partition coefficient (Wildman–Crippen LogP) is 3.86. The van der Waals surface area contributed by atoms with E-state index in [1.54, 1.807) is 6.07 Å². The maximum Gasteiger partial charge on any atom is 0.343 e. The first-order valence-corrected chi connectivity index (χ1v) is 9.45. The van der Waals surface area contributed by atoms with Crippen LogP contribution in [0.25, 0.3) is 0 Å². The second-order valence-corrected chi connectivity index (χ2v) is 7.32. The monoisotopic (exact) mass is 515 g/mol. The largest absolute Gasteiger partial charge is 0.486 e. The molecule has 0 aliphatic carbocycles. The number of benzene rings is 2. The lowest BCUT2D eigenvalue weighted by molar-refractivity contribution is -0.385. The van der Waals surface area contributed by atoms with Gasteiger partial charge in [0, 0.05) is 27.0 Å². The van der Waals surface area contributed by atoms with Gasteiger partial charge in [-0.05, 0) is 30.3 Å². The summed E-state index contributed by atoms with van der Waals surface area (Å²) in [5, 5.41) is 10.7. The van der Waals surface area contributed by atoms with Gasteiger partial charge in [0.25, 0.3) is 0 Å². The summed E-state index contributed by atoms with van der Waals surface area (Å²) in [5.41, 5.74) is 0.763. The van der Waals surface area contributed by atoms with Gasteiger partial charge in [-0.15, -0.1) is 0 Å². The van der Waals surface area contributed by atoms with Gasteiger partial charge in [-0.1, -0.05) is 31.9 Å². The van der Waals surface area contributed by atoms with Crippen molar-refractivity contribution in [1.82, 2.24) is 0 Å². The van der Waals surface area contributed by atoms with Crippen LogP contribution in [0.15, 0.2) is 45.3 Å². The van der Waals surface area contributed by atoms with Crippen molar-refractivity contribution in [2.75, 3.05) is 20.3 Å². The molecule has 0 saturated heterocycles. The topological polar surface area (TPSA) is 105 Å². The number of methoxy groups -OCH3 is 1. The minimum atomic E-state index is -0.600. The standard InChI is InChI=1S/C9H8BrNO5.C9H7BrO2/c1-15-9(12)5-16-8-3-2-6(10)4-7(8)11(13)14;10-7-1-2-9-6(3-7)4-8(11)5-12-9/h2-4H,5H2,1H3;1-3H,4-5H2. The molecule has 1 aliphatic heterocycles. The highest BCUT2D eigenvalue weighted by atomic mass is 79.9. The van der Waals surface area contributed by atoms with Crippen LogP contribution in [0, 0.1) is 10.1 Å². The summed E-state index contributed by atoms with van der Waals surface area (Å²) in [6.07, 6.45) is 0.495. The molecule has 148 valence electrons. The lowest BCUT2D eigenvalue weighted by Crippen LogP contribution is -2.19. The minimum Gasteiger partial charge on any atom is -0.486 e. The molecule has 0 aromatic heterocycles. The van der Waals surface area contributed by atoms with Crippen LogP contribution in [0.2, 0.25) is 0 Å². The van der Waals surface area contributed by atoms with E-state index in [1.165, 1.54) is 19.2 Å². The van der Waals surface area contributed by atoms with Crippen LogP contribution in [-0.2, 0) is 20.7 Å². The predicted molar refractivity (Wildman–Crippen MR) is 107 cm³/mol. The molecule has 2 aromatic rings. The van der Waals surface area contributed by atoms with E-state index in [0.29, 0.717) is 10.9 Å². The number of ketones is 1. The maximum absolute atomic E-state index is 11.0. The van der Waals surface area contributed by atoms with E-state index in [1.807, 2.05) is 18.2 Å². The molecule has 2 aromatic carbocycles. The van der Waals surface area contributed by atoms with Crippen molar-refractivity contribution in [2.24, 2.45) is 0 Å². The molecule has 0 radical (unpaired) electrons. The molecule has 10 heteroatoms. The van der Waals surface area contributed by atoms with Gasteiger partial charge in [-0.2, -0.15) is 0 Å². The Balaban J connectivity index is 0.000000207. The van der Waals surface area contributed by atoms with Gasteiger partial charge in [0.15, 0.2) is 18.1 Å². The molecule has 0 bridgehead atoms. The summed E-state index contributed by atoms with van der Waals surface area (Å²) in [4.78, 5) is 31.9. The summed E-state index contributed by atoms with van der Waals surface area (Å²) in [5.74, 6) is 0.397. The number of carbonyl (C=O) groups is 2. The smallest absolute Gasteiger partial charge is 0.343 e. The molecule has 0 atom stereocenters. The Morgan fingerprint density at radius 2 is 1.89 bits per heavy atom. The van der Waals surface area contributed by atoms with Crippen LogP contribution in [0.4, 0.5) is 5.69 Å². The van der Waals surface area contributed by atoms with Crippen LogP contribution < -0.4 is 9.47 Å². The molecular weight excluding hydrogens is 502 g/mol. The van der Waals surface area contributed by atoms with E-state index in [2.05, 4.69) is 36.6 Å². The highest BCUT2D eigenvalue weighted by Gasteiger charge is 2.17. The van der Waals surface area contributed by atoms with E-state index in [9.17, 15) is 19.7 Å². The van der Waals surface area contributed by atoms with Crippen molar-refractivity contribution in [1.29, 1.82) is 0 Å². The number of Topliss-reactive ketones (excluding diaryl/α,β-unsaturated/α-hetero) is 1. The van der Waals surface area contributed by atoms with E-state index < -0.39 is 10.9 Å². The van der Waals surface area contributed by atoms with Crippen molar-refractivity contribution in [3.63, 3.8) is 0 Å². The zero-order chi connectivity index (χ0) is 20.7. The first-order valence-electron chi connectivity index (χ1n) is 7.86. The number of hydrogen-bond donors (Lipinski definition) is 0. The van der Waals surface area contributed by atoms with Crippen LogP contribution in [-0.4, -0.2) is 37.0 Å². The highest BCUT2D eigenvalue weighted by Crippen LogP contribution is 2.30. The number of carbonyl (C=O) groups excluding carboxylic acids is 2. The van der Waals surface area contributed by atoms with Crippen molar-refractivity contribution >= 4 is 49.3 Å². The Kier molecular flexibility index (Phi) is 7.94. The normalized spacial score (nSPS) is 12.0. The van der Waals surface area contributed by atoms with Crippen molar-refractivity contribution < 1.29 is 28.7 Å². The van der Waals surface area contributed by atoms with E-state index in [4.69, 9.17) is 9.47 Å². The van der Waals surface area contributed by atoms with E-state index >= 15 is 0 Å². The molecule has 0 saturated carbocycles. The number of nitro groups is 1. The van der Waals surface area contributed by atoms with Gasteiger partial charge in [0.2, 0.25) is 0 Å². The SMILES string of the molecule is COC(=O)COc1ccc(Br)cc1[N+](=O)[O-].O=C1COc2ccc(Br)cc2C1. The van der Waals surface area contributed by atoms with Gasteiger partial charge in [0.1, 0.15) is 12.4 Å². The minimum absolute atomic E-state index is 0.0265. The van der Waals surface area contributed by atoms with Gasteiger partial charge >= 0.3 is 11.7 Å². The van der Waals surface area contributed by atoms with Crippen molar-refractivity contribution in [3.8, 4) is 11.5 Å². The number of rotatable bonds is 4. The molecule has 0 fully saturated rings. The first kappa shape index (κ1) is 21.8. The van der Waals surface area contributed by atoms with E-state index in [0.717, 1.165) is 15.8 Å². The quantitative estimate of drug-likeness (QED) is 0.345. The number of esters is 1. The molecule has 8 nitrogen and oxygen atoms in total. The summed E-state index contributed by atoms with van der Waals surface area (Å²) in [6.45, 7) is -0.145. The average Bonchev–Trinajstić information content (AvgIpc) is 2.66.